The van der Waals surface area contributed by atoms with Crippen molar-refractivity contribution in [2.45, 2.75) is 13.8 Å². The lowest BCUT2D eigenvalue weighted by molar-refractivity contribution is -0.116. The zero-order valence-electron chi connectivity index (χ0n) is 15.2. The molecule has 26 heavy (non-hydrogen) atoms. The minimum atomic E-state index is -0.508. The van der Waals surface area contributed by atoms with Crippen LogP contribution in [0.3, 0.4) is 0 Å². The van der Waals surface area contributed by atoms with Crippen LogP contribution in [0, 0.1) is 19.7 Å². The van der Waals surface area contributed by atoms with E-state index in [1.807, 2.05) is 32.0 Å². The highest BCUT2D eigenvalue weighted by atomic mass is 19.1. The smallest absolute Gasteiger partial charge is 0.322 e. The number of carbonyl (C=O) groups is 2. The van der Waals surface area contributed by atoms with E-state index in [4.69, 9.17) is 4.74 Å². The van der Waals surface area contributed by atoms with Crippen LogP contribution in [0.5, 0.6) is 5.75 Å². The molecule has 0 heterocycles. The van der Waals surface area contributed by atoms with Crippen molar-refractivity contribution >= 4 is 23.3 Å². The summed E-state index contributed by atoms with van der Waals surface area (Å²) in [7, 11) is 2.88. The Morgan fingerprint density at radius 3 is 2.38 bits per heavy atom. The first-order valence-corrected chi connectivity index (χ1v) is 8.03. The maximum atomic E-state index is 13.2. The Morgan fingerprint density at radius 2 is 1.77 bits per heavy atom. The molecule has 2 N–H and O–H groups in total. The third-order valence-electron chi connectivity index (χ3n) is 3.88. The molecule has 0 saturated carbocycles. The van der Waals surface area contributed by atoms with Crippen molar-refractivity contribution in [3.8, 4) is 5.75 Å². The number of likely N-dealkylation sites (N-methyl/N-ethyl adjacent to an activating group) is 1. The number of urea groups is 1. The molecular weight excluding hydrogens is 337 g/mol. The number of ether oxygens (including phenoxy) is 1. The van der Waals surface area contributed by atoms with E-state index >= 15 is 0 Å². The van der Waals surface area contributed by atoms with E-state index < -0.39 is 11.8 Å². The van der Waals surface area contributed by atoms with Crippen molar-refractivity contribution < 1.29 is 18.7 Å². The molecule has 7 heteroatoms. The second-order valence-corrected chi connectivity index (χ2v) is 5.95. The van der Waals surface area contributed by atoms with Gasteiger partial charge in [-0.1, -0.05) is 18.2 Å². The van der Waals surface area contributed by atoms with Gasteiger partial charge in [0, 0.05) is 18.8 Å². The van der Waals surface area contributed by atoms with Crippen molar-refractivity contribution in [3.05, 3.63) is 53.3 Å². The second kappa shape index (κ2) is 8.33. The third kappa shape index (κ3) is 4.72. The molecule has 0 fully saturated rings. The molecule has 0 radical (unpaired) electrons. The molecule has 2 aromatic carbocycles. The van der Waals surface area contributed by atoms with E-state index in [0.717, 1.165) is 16.8 Å². The van der Waals surface area contributed by atoms with Gasteiger partial charge in [-0.25, -0.2) is 9.18 Å². The summed E-state index contributed by atoms with van der Waals surface area (Å²) >= 11 is 0. The number of nitrogens with zero attached hydrogens (tertiary/aromatic N) is 1. The van der Waals surface area contributed by atoms with Crippen molar-refractivity contribution in [1.29, 1.82) is 0 Å². The lowest BCUT2D eigenvalue weighted by Gasteiger charge is -2.19. The van der Waals surface area contributed by atoms with Crippen LogP contribution in [0.4, 0.5) is 20.6 Å². The normalized spacial score (nSPS) is 10.2. The number of rotatable bonds is 5. The standard InChI is InChI=1S/C19H22FN3O3/c1-12-6-5-7-13(2)18(12)22-17(24)11-23(3)19(25)21-15-9-8-14(20)10-16(15)26-4/h5-10H,11H2,1-4H3,(H,21,25)(H,22,24). The highest BCUT2D eigenvalue weighted by Gasteiger charge is 2.16. The van der Waals surface area contributed by atoms with Crippen LogP contribution in [-0.2, 0) is 4.79 Å². The summed E-state index contributed by atoms with van der Waals surface area (Å²) in [4.78, 5) is 25.7. The average Bonchev–Trinajstić information content (AvgIpc) is 2.59. The predicted octanol–water partition coefficient (Wildman–Crippen LogP) is 3.55. The summed E-state index contributed by atoms with van der Waals surface area (Å²) in [6.07, 6.45) is 0. The zero-order valence-corrected chi connectivity index (χ0v) is 15.2. The monoisotopic (exact) mass is 359 g/mol. The Morgan fingerprint density at radius 1 is 1.12 bits per heavy atom. The summed E-state index contributed by atoms with van der Waals surface area (Å²) in [5.41, 5.74) is 2.95. The number of para-hydroxylation sites is 1. The van der Waals surface area contributed by atoms with Gasteiger partial charge in [0.05, 0.1) is 12.8 Å². The van der Waals surface area contributed by atoms with E-state index in [0.29, 0.717) is 5.69 Å². The number of hydrogen-bond acceptors (Lipinski definition) is 3. The van der Waals surface area contributed by atoms with Crippen molar-refractivity contribution in [1.82, 2.24) is 4.90 Å². The largest absolute Gasteiger partial charge is 0.494 e. The van der Waals surface area contributed by atoms with Gasteiger partial charge < -0.3 is 20.3 Å². The number of hydrogen-bond donors (Lipinski definition) is 2. The molecule has 0 aromatic heterocycles. The van der Waals surface area contributed by atoms with Crippen LogP contribution in [0.2, 0.25) is 0 Å². The molecule has 6 nitrogen and oxygen atoms in total. The first-order valence-electron chi connectivity index (χ1n) is 8.03. The van der Waals surface area contributed by atoms with Crippen LogP contribution in [0.25, 0.3) is 0 Å². The van der Waals surface area contributed by atoms with Crippen molar-refractivity contribution in [3.63, 3.8) is 0 Å². The second-order valence-electron chi connectivity index (χ2n) is 5.95. The Hall–Kier alpha value is -3.09. The molecule has 0 aliphatic rings. The van der Waals surface area contributed by atoms with Gasteiger partial charge in [-0.05, 0) is 37.1 Å². The SMILES string of the molecule is COc1cc(F)ccc1NC(=O)N(C)CC(=O)Nc1c(C)cccc1C. The number of halogens is 1. The topological polar surface area (TPSA) is 70.7 Å². The summed E-state index contributed by atoms with van der Waals surface area (Å²) in [5.74, 6) is -0.584. The number of nitrogens with one attached hydrogen (secondary N) is 2. The quantitative estimate of drug-likeness (QED) is 0.858. The van der Waals surface area contributed by atoms with Crippen LogP contribution >= 0.6 is 0 Å². The molecule has 138 valence electrons. The Labute approximate surface area is 152 Å². The average molecular weight is 359 g/mol. The fraction of sp³-hybridized carbons (Fsp3) is 0.263. The van der Waals surface area contributed by atoms with Gasteiger partial charge in [-0.3, -0.25) is 4.79 Å². The molecule has 2 rings (SSSR count). The fourth-order valence-corrected chi connectivity index (χ4v) is 2.46. The molecule has 0 bridgehead atoms. The number of anilines is 2. The van der Waals surface area contributed by atoms with E-state index in [1.165, 1.54) is 37.3 Å². The van der Waals surface area contributed by atoms with E-state index in [1.54, 1.807) is 0 Å². The summed E-state index contributed by atoms with van der Waals surface area (Å²) in [5, 5.41) is 5.42. The van der Waals surface area contributed by atoms with Gasteiger partial charge in [-0.2, -0.15) is 0 Å². The zero-order chi connectivity index (χ0) is 19.3. The molecular formula is C19H22FN3O3. The van der Waals surface area contributed by atoms with Crippen LogP contribution in [0.1, 0.15) is 11.1 Å². The fourth-order valence-electron chi connectivity index (χ4n) is 2.46. The Balaban J connectivity index is 1.99. The number of carbonyl (C=O) groups excluding carboxylic acids is 2. The number of methoxy groups -OCH3 is 1. The number of amides is 3. The summed E-state index contributed by atoms with van der Waals surface area (Å²) in [6, 6.07) is 8.99. The van der Waals surface area contributed by atoms with E-state index in [2.05, 4.69) is 10.6 Å². The molecule has 0 spiro atoms. The highest BCUT2D eigenvalue weighted by Crippen LogP contribution is 2.25. The van der Waals surface area contributed by atoms with Gasteiger partial charge >= 0.3 is 6.03 Å². The minimum absolute atomic E-state index is 0.136. The number of benzene rings is 2. The number of aryl methyl sites for hydroxylation is 2. The van der Waals surface area contributed by atoms with Gasteiger partial charge in [0.15, 0.2) is 0 Å². The molecule has 0 atom stereocenters. The van der Waals surface area contributed by atoms with Crippen molar-refractivity contribution in [2.24, 2.45) is 0 Å². The third-order valence-corrected chi connectivity index (χ3v) is 3.88. The van der Waals surface area contributed by atoms with Crippen molar-refractivity contribution in [2.75, 3.05) is 31.3 Å². The van der Waals surface area contributed by atoms with Gasteiger partial charge in [0.25, 0.3) is 0 Å². The molecule has 0 unspecified atom stereocenters. The Kier molecular flexibility index (Phi) is 6.16. The lowest BCUT2D eigenvalue weighted by atomic mass is 10.1. The van der Waals surface area contributed by atoms with Crippen LogP contribution in [0.15, 0.2) is 36.4 Å². The van der Waals surface area contributed by atoms with Crippen LogP contribution < -0.4 is 15.4 Å². The molecule has 0 saturated heterocycles. The molecule has 2 aromatic rings. The van der Waals surface area contributed by atoms with Crippen LogP contribution in [-0.4, -0.2) is 37.5 Å². The van der Waals surface area contributed by atoms with E-state index in [-0.39, 0.29) is 18.2 Å². The van der Waals surface area contributed by atoms with Gasteiger partial charge in [0.2, 0.25) is 5.91 Å². The predicted molar refractivity (Wildman–Crippen MR) is 99.1 cm³/mol. The van der Waals surface area contributed by atoms with Gasteiger partial charge in [-0.15, -0.1) is 0 Å². The molecule has 0 aliphatic heterocycles. The lowest BCUT2D eigenvalue weighted by Crippen LogP contribution is -2.37. The maximum Gasteiger partial charge on any atom is 0.322 e. The minimum Gasteiger partial charge on any atom is -0.494 e. The maximum absolute atomic E-state index is 13.2. The summed E-state index contributed by atoms with van der Waals surface area (Å²) in [6.45, 7) is 3.67. The first kappa shape index (κ1) is 19.2. The van der Waals surface area contributed by atoms with Gasteiger partial charge in [0.1, 0.15) is 18.1 Å². The highest BCUT2D eigenvalue weighted by molar-refractivity contribution is 5.98. The first-order chi connectivity index (χ1) is 12.3. The molecule has 3 amide bonds. The Bertz CT molecular complexity index is 803. The molecule has 0 aliphatic carbocycles. The van der Waals surface area contributed by atoms with E-state index in [9.17, 15) is 14.0 Å². The summed E-state index contributed by atoms with van der Waals surface area (Å²) < 4.78 is 18.3.